The molecule has 1 heterocycles. The third kappa shape index (κ3) is 3.46. The van der Waals surface area contributed by atoms with Gasteiger partial charge in [-0.05, 0) is 30.3 Å². The van der Waals surface area contributed by atoms with Crippen molar-refractivity contribution in [2.75, 3.05) is 5.32 Å². The van der Waals surface area contributed by atoms with Crippen LogP contribution in [0.25, 0.3) is 6.08 Å². The summed E-state index contributed by atoms with van der Waals surface area (Å²) in [6, 6.07) is 7.36. The predicted octanol–water partition coefficient (Wildman–Crippen LogP) is 3.49. The van der Waals surface area contributed by atoms with E-state index in [2.05, 4.69) is 5.32 Å². The van der Waals surface area contributed by atoms with E-state index in [4.69, 9.17) is 16.0 Å². The van der Waals surface area contributed by atoms with E-state index in [1.54, 1.807) is 12.1 Å². The number of hydrogen-bond donors (Lipinski definition) is 1. The van der Waals surface area contributed by atoms with Gasteiger partial charge in [-0.25, -0.2) is 0 Å². The Morgan fingerprint density at radius 2 is 2.20 bits per heavy atom. The van der Waals surface area contributed by atoms with Crippen LogP contribution in [0.15, 0.2) is 47.1 Å². The van der Waals surface area contributed by atoms with Crippen LogP contribution in [0.1, 0.15) is 5.76 Å². The number of nitrogens with one attached hydrogen (secondary N) is 1. The van der Waals surface area contributed by atoms with Crippen molar-refractivity contribution < 1.29 is 14.1 Å². The predicted molar refractivity (Wildman–Crippen MR) is 74.5 cm³/mol. The molecule has 2 rings (SSSR count). The third-order valence-corrected chi connectivity index (χ3v) is 2.59. The summed E-state index contributed by atoms with van der Waals surface area (Å²) in [4.78, 5) is 21.9. The van der Waals surface area contributed by atoms with E-state index < -0.39 is 10.8 Å². The Bertz CT molecular complexity index is 665. The highest BCUT2D eigenvalue weighted by Crippen LogP contribution is 2.27. The molecule has 1 amide bonds. The summed E-state index contributed by atoms with van der Waals surface area (Å²) in [5.41, 5.74) is -0.189. The Balaban J connectivity index is 2.13. The number of nitro groups is 1. The van der Waals surface area contributed by atoms with Crippen LogP contribution in [0.5, 0.6) is 0 Å². The summed E-state index contributed by atoms with van der Waals surface area (Å²) in [5.74, 6) is -0.00224. The van der Waals surface area contributed by atoms with Gasteiger partial charge in [0, 0.05) is 17.2 Å². The van der Waals surface area contributed by atoms with E-state index in [1.807, 2.05) is 0 Å². The molecule has 102 valence electrons. The topological polar surface area (TPSA) is 85.4 Å². The van der Waals surface area contributed by atoms with Gasteiger partial charge in [-0.2, -0.15) is 0 Å². The summed E-state index contributed by atoms with van der Waals surface area (Å²) >= 11 is 5.68. The number of nitro benzene ring substituents is 1. The standard InChI is InChI=1S/C13H9ClN2O4/c14-9-3-5-11(12(8-9)16(18)19)15-13(17)6-4-10-2-1-7-20-10/h1-8H,(H,15,17). The highest BCUT2D eigenvalue weighted by Gasteiger charge is 2.15. The van der Waals surface area contributed by atoms with Crippen LogP contribution in [0.3, 0.4) is 0 Å². The summed E-state index contributed by atoms with van der Waals surface area (Å²) in [6.07, 6.45) is 4.15. The number of anilines is 1. The molecule has 0 aliphatic heterocycles. The molecular formula is C13H9ClN2O4. The fourth-order valence-electron chi connectivity index (χ4n) is 1.48. The molecule has 2 aromatic rings. The molecule has 20 heavy (non-hydrogen) atoms. The van der Waals surface area contributed by atoms with Crippen molar-refractivity contribution in [2.45, 2.75) is 0 Å². The third-order valence-electron chi connectivity index (χ3n) is 2.36. The number of furan rings is 1. The van der Waals surface area contributed by atoms with Gasteiger partial charge in [0.15, 0.2) is 0 Å². The lowest BCUT2D eigenvalue weighted by Crippen LogP contribution is -2.09. The lowest BCUT2D eigenvalue weighted by molar-refractivity contribution is -0.383. The number of carbonyl (C=O) groups is 1. The molecule has 0 unspecified atom stereocenters. The van der Waals surface area contributed by atoms with Crippen LogP contribution in [0.2, 0.25) is 5.02 Å². The number of hydrogen-bond acceptors (Lipinski definition) is 4. The molecule has 0 atom stereocenters. The zero-order valence-corrected chi connectivity index (χ0v) is 10.8. The second-order valence-electron chi connectivity index (χ2n) is 3.76. The monoisotopic (exact) mass is 292 g/mol. The highest BCUT2D eigenvalue weighted by atomic mass is 35.5. The normalized spacial score (nSPS) is 10.7. The number of rotatable bonds is 4. The molecule has 0 spiro atoms. The summed E-state index contributed by atoms with van der Waals surface area (Å²) < 4.78 is 5.02. The van der Waals surface area contributed by atoms with Crippen molar-refractivity contribution in [2.24, 2.45) is 0 Å². The molecule has 0 fully saturated rings. The van der Waals surface area contributed by atoms with Gasteiger partial charge in [0.05, 0.1) is 11.2 Å². The van der Waals surface area contributed by atoms with Crippen LogP contribution >= 0.6 is 11.6 Å². The summed E-state index contributed by atoms with van der Waals surface area (Å²) in [5, 5.41) is 13.5. The van der Waals surface area contributed by atoms with Crippen LogP contribution in [-0.2, 0) is 4.79 Å². The van der Waals surface area contributed by atoms with Gasteiger partial charge in [0.25, 0.3) is 5.69 Å². The molecule has 0 bridgehead atoms. The van der Waals surface area contributed by atoms with E-state index in [9.17, 15) is 14.9 Å². The first-order chi connectivity index (χ1) is 9.56. The Hall–Kier alpha value is -2.60. The smallest absolute Gasteiger partial charge is 0.294 e. The zero-order valence-electron chi connectivity index (χ0n) is 10.1. The molecule has 0 saturated carbocycles. The van der Waals surface area contributed by atoms with Crippen LogP contribution in [0, 0.1) is 10.1 Å². The van der Waals surface area contributed by atoms with Gasteiger partial charge >= 0.3 is 0 Å². The van der Waals surface area contributed by atoms with Gasteiger partial charge in [-0.3, -0.25) is 14.9 Å². The fraction of sp³-hybridized carbons (Fsp3) is 0. The van der Waals surface area contributed by atoms with Crippen LogP contribution in [0.4, 0.5) is 11.4 Å². The number of benzene rings is 1. The summed E-state index contributed by atoms with van der Waals surface area (Å²) in [7, 11) is 0. The van der Waals surface area contributed by atoms with Gasteiger partial charge in [-0.1, -0.05) is 11.6 Å². The van der Waals surface area contributed by atoms with Crippen molar-refractivity contribution in [1.82, 2.24) is 0 Å². The SMILES string of the molecule is O=C(C=Cc1ccco1)Nc1ccc(Cl)cc1[N+](=O)[O-]. The second-order valence-corrected chi connectivity index (χ2v) is 4.19. The van der Waals surface area contributed by atoms with E-state index in [0.29, 0.717) is 5.76 Å². The maximum Gasteiger partial charge on any atom is 0.294 e. The maximum atomic E-state index is 11.7. The van der Waals surface area contributed by atoms with E-state index in [1.165, 1.54) is 36.6 Å². The quantitative estimate of drug-likeness (QED) is 0.531. The maximum absolute atomic E-state index is 11.7. The molecule has 6 nitrogen and oxygen atoms in total. The second kappa shape index (κ2) is 6.03. The first-order valence-electron chi connectivity index (χ1n) is 5.53. The van der Waals surface area contributed by atoms with E-state index in [-0.39, 0.29) is 16.4 Å². The Labute approximate surface area is 118 Å². The Morgan fingerprint density at radius 1 is 1.40 bits per heavy atom. The first-order valence-corrected chi connectivity index (χ1v) is 5.90. The van der Waals surface area contributed by atoms with Crippen molar-refractivity contribution in [3.8, 4) is 0 Å². The molecule has 7 heteroatoms. The molecule has 0 radical (unpaired) electrons. The molecule has 1 aromatic carbocycles. The largest absolute Gasteiger partial charge is 0.465 e. The number of amides is 1. The van der Waals surface area contributed by atoms with Crippen molar-refractivity contribution in [3.63, 3.8) is 0 Å². The molecule has 0 aliphatic carbocycles. The molecule has 0 saturated heterocycles. The number of carbonyl (C=O) groups excluding carboxylic acids is 1. The Morgan fingerprint density at radius 3 is 2.85 bits per heavy atom. The lowest BCUT2D eigenvalue weighted by atomic mass is 10.2. The molecule has 1 N–H and O–H groups in total. The fourth-order valence-corrected chi connectivity index (χ4v) is 1.65. The molecular weight excluding hydrogens is 284 g/mol. The minimum atomic E-state index is -0.613. The molecule has 0 aliphatic rings. The minimum Gasteiger partial charge on any atom is -0.465 e. The average Bonchev–Trinajstić information content (AvgIpc) is 2.91. The van der Waals surface area contributed by atoms with Gasteiger partial charge in [-0.15, -0.1) is 0 Å². The van der Waals surface area contributed by atoms with Crippen molar-refractivity contribution in [1.29, 1.82) is 0 Å². The van der Waals surface area contributed by atoms with E-state index >= 15 is 0 Å². The van der Waals surface area contributed by atoms with Crippen LogP contribution < -0.4 is 5.32 Å². The van der Waals surface area contributed by atoms with Crippen molar-refractivity contribution >= 4 is 35.0 Å². The molecule has 1 aromatic heterocycles. The summed E-state index contributed by atoms with van der Waals surface area (Å²) in [6.45, 7) is 0. The average molecular weight is 293 g/mol. The highest BCUT2D eigenvalue weighted by molar-refractivity contribution is 6.31. The Kier molecular flexibility index (Phi) is 4.17. The van der Waals surface area contributed by atoms with Crippen LogP contribution in [-0.4, -0.2) is 10.8 Å². The number of halogens is 1. The van der Waals surface area contributed by atoms with Gasteiger partial charge in [0.1, 0.15) is 11.4 Å². The van der Waals surface area contributed by atoms with Gasteiger partial charge < -0.3 is 9.73 Å². The lowest BCUT2D eigenvalue weighted by Gasteiger charge is -2.03. The minimum absolute atomic E-state index is 0.0773. The first kappa shape index (κ1) is 13.8. The van der Waals surface area contributed by atoms with Crippen molar-refractivity contribution in [3.05, 3.63) is 63.6 Å². The van der Waals surface area contributed by atoms with E-state index in [0.717, 1.165) is 0 Å². The zero-order chi connectivity index (χ0) is 14.5. The number of nitrogens with zero attached hydrogens (tertiary/aromatic N) is 1. The van der Waals surface area contributed by atoms with Gasteiger partial charge in [0.2, 0.25) is 5.91 Å².